The molecule has 2 aromatic rings. The summed E-state index contributed by atoms with van der Waals surface area (Å²) in [6, 6.07) is 6.31. The number of imidazole rings is 1. The number of benzene rings is 1. The summed E-state index contributed by atoms with van der Waals surface area (Å²) in [4.78, 5) is 7.97. The number of hydrogen-bond acceptors (Lipinski definition) is 3. The van der Waals surface area contributed by atoms with Crippen LogP contribution in [0.25, 0.3) is 11.0 Å². The highest BCUT2D eigenvalue weighted by atomic mass is 16.5. The number of fused-ring (bicyclic) bond motifs is 1. The highest BCUT2D eigenvalue weighted by Crippen LogP contribution is 2.13. The van der Waals surface area contributed by atoms with Gasteiger partial charge in [-0.05, 0) is 51.4 Å². The Bertz CT molecular complexity index is 534. The van der Waals surface area contributed by atoms with Gasteiger partial charge in [-0.3, -0.25) is 0 Å². The van der Waals surface area contributed by atoms with Gasteiger partial charge in [-0.2, -0.15) is 0 Å². The second kappa shape index (κ2) is 7.41. The van der Waals surface area contributed by atoms with Gasteiger partial charge in [-0.25, -0.2) is 4.98 Å². The zero-order valence-electron chi connectivity index (χ0n) is 12.7. The van der Waals surface area contributed by atoms with E-state index in [0.29, 0.717) is 6.10 Å². The summed E-state index contributed by atoms with van der Waals surface area (Å²) >= 11 is 0. The molecule has 0 bridgehead atoms. The molecular formula is C16H25N3O. The minimum atomic E-state index is 0.328. The van der Waals surface area contributed by atoms with E-state index in [2.05, 4.69) is 54.3 Å². The Hall–Kier alpha value is -1.39. The molecule has 0 saturated carbocycles. The van der Waals surface area contributed by atoms with E-state index in [1.807, 2.05) is 0 Å². The van der Waals surface area contributed by atoms with Gasteiger partial charge >= 0.3 is 0 Å². The predicted molar refractivity (Wildman–Crippen MR) is 83.1 cm³/mol. The van der Waals surface area contributed by atoms with Crippen molar-refractivity contribution in [3.05, 3.63) is 29.6 Å². The van der Waals surface area contributed by atoms with Gasteiger partial charge in [-0.15, -0.1) is 0 Å². The molecule has 0 atom stereocenters. The summed E-state index contributed by atoms with van der Waals surface area (Å²) in [6.45, 7) is 9.00. The Morgan fingerprint density at radius 1 is 1.30 bits per heavy atom. The molecule has 0 fully saturated rings. The average molecular weight is 275 g/mol. The normalized spacial score (nSPS) is 11.6. The first-order valence-electron chi connectivity index (χ1n) is 7.42. The van der Waals surface area contributed by atoms with E-state index in [1.165, 1.54) is 5.56 Å². The zero-order valence-corrected chi connectivity index (χ0v) is 12.7. The second-order valence-electron chi connectivity index (χ2n) is 5.48. The minimum Gasteiger partial charge on any atom is -0.379 e. The van der Waals surface area contributed by atoms with Crippen LogP contribution in [0.4, 0.5) is 0 Å². The van der Waals surface area contributed by atoms with Crippen molar-refractivity contribution in [3.63, 3.8) is 0 Å². The molecule has 20 heavy (non-hydrogen) atoms. The molecule has 0 unspecified atom stereocenters. The summed E-state index contributed by atoms with van der Waals surface area (Å²) < 4.78 is 5.50. The van der Waals surface area contributed by atoms with E-state index in [-0.39, 0.29) is 0 Å². The van der Waals surface area contributed by atoms with Gasteiger partial charge in [-0.1, -0.05) is 6.07 Å². The highest BCUT2D eigenvalue weighted by Gasteiger charge is 2.02. The standard InChI is InChI=1S/C16H25N3O/c1-12(2)20-10-4-8-17-9-7-16-18-14-6-5-13(3)11-15(14)19-16/h5-6,11-12,17H,4,7-10H2,1-3H3,(H,18,19). The van der Waals surface area contributed by atoms with Crippen LogP contribution < -0.4 is 5.32 Å². The summed E-state index contributed by atoms with van der Waals surface area (Å²) in [5.41, 5.74) is 3.44. The number of H-pyrrole nitrogens is 1. The lowest BCUT2D eigenvalue weighted by molar-refractivity contribution is 0.0771. The Kier molecular flexibility index (Phi) is 5.56. The molecule has 2 rings (SSSR count). The van der Waals surface area contributed by atoms with Crippen LogP contribution in [0.2, 0.25) is 0 Å². The van der Waals surface area contributed by atoms with Crippen LogP contribution >= 0.6 is 0 Å². The topological polar surface area (TPSA) is 49.9 Å². The molecule has 0 aliphatic rings. The lowest BCUT2D eigenvalue weighted by atomic mass is 10.2. The summed E-state index contributed by atoms with van der Waals surface area (Å²) in [5.74, 6) is 1.05. The lowest BCUT2D eigenvalue weighted by Gasteiger charge is -2.07. The van der Waals surface area contributed by atoms with Crippen molar-refractivity contribution < 1.29 is 4.74 Å². The third kappa shape index (κ3) is 4.62. The number of aryl methyl sites for hydroxylation is 1. The number of nitrogens with one attached hydrogen (secondary N) is 2. The summed E-state index contributed by atoms with van der Waals surface area (Å²) in [5, 5.41) is 3.42. The molecule has 0 amide bonds. The molecule has 2 N–H and O–H groups in total. The highest BCUT2D eigenvalue weighted by molar-refractivity contribution is 5.75. The minimum absolute atomic E-state index is 0.328. The van der Waals surface area contributed by atoms with Gasteiger partial charge in [0.25, 0.3) is 0 Å². The second-order valence-corrected chi connectivity index (χ2v) is 5.48. The Morgan fingerprint density at radius 2 is 2.15 bits per heavy atom. The van der Waals surface area contributed by atoms with Crippen LogP contribution in [0.3, 0.4) is 0 Å². The maximum Gasteiger partial charge on any atom is 0.108 e. The van der Waals surface area contributed by atoms with Crippen LogP contribution in [-0.2, 0) is 11.2 Å². The Labute approximate surface area is 120 Å². The van der Waals surface area contributed by atoms with Gasteiger partial charge in [0.1, 0.15) is 5.82 Å². The van der Waals surface area contributed by atoms with E-state index in [1.54, 1.807) is 0 Å². The first-order valence-corrected chi connectivity index (χ1v) is 7.42. The predicted octanol–water partition coefficient (Wildman–Crippen LogP) is 2.82. The van der Waals surface area contributed by atoms with Gasteiger partial charge in [0, 0.05) is 19.6 Å². The fourth-order valence-corrected chi connectivity index (χ4v) is 2.14. The first kappa shape index (κ1) is 15.0. The van der Waals surface area contributed by atoms with E-state index >= 15 is 0 Å². The van der Waals surface area contributed by atoms with Crippen molar-refractivity contribution in [1.82, 2.24) is 15.3 Å². The average Bonchev–Trinajstić information content (AvgIpc) is 2.79. The number of aromatic amines is 1. The van der Waals surface area contributed by atoms with Crippen molar-refractivity contribution >= 4 is 11.0 Å². The molecule has 1 aromatic heterocycles. The van der Waals surface area contributed by atoms with Crippen molar-refractivity contribution in [3.8, 4) is 0 Å². The van der Waals surface area contributed by atoms with Crippen molar-refractivity contribution in [2.75, 3.05) is 19.7 Å². The molecule has 0 spiro atoms. The molecule has 0 aliphatic heterocycles. The van der Waals surface area contributed by atoms with Gasteiger partial charge in [0.2, 0.25) is 0 Å². The molecule has 0 aliphatic carbocycles. The maximum absolute atomic E-state index is 5.50. The number of nitrogens with zero attached hydrogens (tertiary/aromatic N) is 1. The maximum atomic E-state index is 5.50. The Morgan fingerprint density at radius 3 is 2.95 bits per heavy atom. The number of ether oxygens (including phenoxy) is 1. The SMILES string of the molecule is Cc1ccc2nc(CCNCCCOC(C)C)[nH]c2c1. The molecule has 1 aromatic carbocycles. The third-order valence-corrected chi connectivity index (χ3v) is 3.17. The molecule has 4 heteroatoms. The number of aromatic nitrogens is 2. The smallest absolute Gasteiger partial charge is 0.108 e. The van der Waals surface area contributed by atoms with E-state index in [4.69, 9.17) is 4.74 Å². The lowest BCUT2D eigenvalue weighted by Crippen LogP contribution is -2.20. The summed E-state index contributed by atoms with van der Waals surface area (Å²) in [7, 11) is 0. The largest absolute Gasteiger partial charge is 0.379 e. The van der Waals surface area contributed by atoms with Crippen molar-refractivity contribution in [2.24, 2.45) is 0 Å². The quantitative estimate of drug-likeness (QED) is 0.728. The van der Waals surface area contributed by atoms with Crippen LogP contribution in [0.1, 0.15) is 31.7 Å². The van der Waals surface area contributed by atoms with Crippen molar-refractivity contribution in [2.45, 2.75) is 39.7 Å². The summed E-state index contributed by atoms with van der Waals surface area (Å²) in [6.07, 6.45) is 2.31. The zero-order chi connectivity index (χ0) is 14.4. The fourth-order valence-electron chi connectivity index (χ4n) is 2.14. The van der Waals surface area contributed by atoms with Crippen LogP contribution in [0, 0.1) is 6.92 Å². The molecule has 0 saturated heterocycles. The Balaban J connectivity index is 1.68. The molecule has 0 radical (unpaired) electrons. The van der Waals surface area contributed by atoms with Gasteiger partial charge in [0.05, 0.1) is 17.1 Å². The fraction of sp³-hybridized carbons (Fsp3) is 0.562. The number of hydrogen-bond donors (Lipinski definition) is 2. The van der Waals surface area contributed by atoms with Gasteiger partial charge < -0.3 is 15.0 Å². The monoisotopic (exact) mass is 275 g/mol. The molecule has 110 valence electrons. The number of rotatable bonds is 8. The molecule has 1 heterocycles. The van der Waals surface area contributed by atoms with Gasteiger partial charge in [0.15, 0.2) is 0 Å². The van der Waals surface area contributed by atoms with Crippen LogP contribution in [0.15, 0.2) is 18.2 Å². The van der Waals surface area contributed by atoms with E-state index < -0.39 is 0 Å². The third-order valence-electron chi connectivity index (χ3n) is 3.17. The van der Waals surface area contributed by atoms with Crippen LogP contribution in [0.5, 0.6) is 0 Å². The first-order chi connectivity index (χ1) is 9.65. The van der Waals surface area contributed by atoms with E-state index in [0.717, 1.165) is 49.4 Å². The van der Waals surface area contributed by atoms with Crippen LogP contribution in [-0.4, -0.2) is 35.8 Å². The molecular weight excluding hydrogens is 250 g/mol. The van der Waals surface area contributed by atoms with E-state index in [9.17, 15) is 0 Å². The van der Waals surface area contributed by atoms with Crippen molar-refractivity contribution in [1.29, 1.82) is 0 Å². The molecule has 4 nitrogen and oxygen atoms in total.